The first-order valence-electron chi connectivity index (χ1n) is 8.42. The van der Waals surface area contributed by atoms with Crippen molar-refractivity contribution in [2.24, 2.45) is 11.3 Å². The Kier molecular flexibility index (Phi) is 3.23. The van der Waals surface area contributed by atoms with Gasteiger partial charge >= 0.3 is 0 Å². The van der Waals surface area contributed by atoms with Gasteiger partial charge in [-0.3, -0.25) is 14.4 Å². The molecule has 0 unspecified atom stereocenters. The van der Waals surface area contributed by atoms with Gasteiger partial charge in [0.05, 0.1) is 5.92 Å². The molecule has 1 aromatic carbocycles. The van der Waals surface area contributed by atoms with Crippen LogP contribution in [0.1, 0.15) is 41.5 Å². The van der Waals surface area contributed by atoms with Crippen LogP contribution in [0.4, 0.5) is 0 Å². The lowest BCUT2D eigenvalue weighted by molar-refractivity contribution is -0.122. The predicted molar refractivity (Wildman–Crippen MR) is 94.0 cm³/mol. The molecule has 0 aromatic heterocycles. The molecule has 4 nitrogen and oxygen atoms in total. The fourth-order valence-electron chi connectivity index (χ4n) is 3.86. The van der Waals surface area contributed by atoms with Gasteiger partial charge in [-0.2, -0.15) is 0 Å². The van der Waals surface area contributed by atoms with Crippen molar-refractivity contribution in [2.45, 2.75) is 26.8 Å². The Morgan fingerprint density at radius 1 is 1.00 bits per heavy atom. The van der Waals surface area contributed by atoms with Gasteiger partial charge < -0.3 is 4.90 Å². The summed E-state index contributed by atoms with van der Waals surface area (Å²) in [4.78, 5) is 41.3. The van der Waals surface area contributed by atoms with Crippen LogP contribution in [0.3, 0.4) is 0 Å². The maximum atomic E-state index is 13.2. The molecule has 0 saturated heterocycles. The molecule has 25 heavy (non-hydrogen) atoms. The highest BCUT2D eigenvalue weighted by Crippen LogP contribution is 2.45. The van der Waals surface area contributed by atoms with Gasteiger partial charge in [-0.1, -0.05) is 51.1 Å². The smallest absolute Gasteiger partial charge is 0.187 e. The third-order valence-corrected chi connectivity index (χ3v) is 5.03. The minimum atomic E-state index is -0.739. The lowest BCUT2D eigenvalue weighted by atomic mass is 9.72. The molecule has 1 aromatic rings. The van der Waals surface area contributed by atoms with E-state index in [1.165, 1.54) is 0 Å². The van der Waals surface area contributed by atoms with Gasteiger partial charge in [-0.15, -0.1) is 0 Å². The second-order valence-corrected chi connectivity index (χ2v) is 7.68. The number of carbonyl (C=O) groups excluding carboxylic acids is 3. The molecule has 2 atom stereocenters. The fraction of sp³-hybridized carbons (Fsp3) is 0.286. The first kappa shape index (κ1) is 15.8. The zero-order chi connectivity index (χ0) is 17.9. The van der Waals surface area contributed by atoms with Gasteiger partial charge in [-0.25, -0.2) is 0 Å². The van der Waals surface area contributed by atoms with Crippen LogP contribution in [0, 0.1) is 11.3 Å². The molecule has 0 saturated carbocycles. The van der Waals surface area contributed by atoms with E-state index in [4.69, 9.17) is 0 Å². The lowest BCUT2D eigenvalue weighted by Gasteiger charge is -2.32. The number of ketones is 3. The number of fused-ring (bicyclic) bond motifs is 4. The summed E-state index contributed by atoms with van der Waals surface area (Å²) >= 11 is 0. The van der Waals surface area contributed by atoms with Crippen molar-refractivity contribution in [3.05, 3.63) is 71.1 Å². The van der Waals surface area contributed by atoms with Crippen molar-refractivity contribution in [1.29, 1.82) is 0 Å². The number of hydrogen-bond donors (Lipinski definition) is 0. The summed E-state index contributed by atoms with van der Waals surface area (Å²) in [5.41, 5.74) is 1.37. The van der Waals surface area contributed by atoms with E-state index in [-0.39, 0.29) is 17.3 Å². The van der Waals surface area contributed by atoms with E-state index in [1.807, 2.05) is 39.0 Å². The largest absolute Gasteiger partial charge is 0.336 e. The number of nitrogens with zero attached hydrogens (tertiary/aromatic N) is 1. The Labute approximate surface area is 146 Å². The zero-order valence-corrected chi connectivity index (χ0v) is 14.4. The van der Waals surface area contributed by atoms with E-state index in [0.29, 0.717) is 22.4 Å². The second-order valence-electron chi connectivity index (χ2n) is 7.68. The van der Waals surface area contributed by atoms with E-state index in [9.17, 15) is 14.4 Å². The van der Waals surface area contributed by atoms with Crippen LogP contribution in [0.2, 0.25) is 0 Å². The Balaban J connectivity index is 1.95. The third kappa shape index (κ3) is 2.10. The molecular weight excluding hydrogens is 314 g/mol. The van der Waals surface area contributed by atoms with Crippen molar-refractivity contribution in [3.8, 4) is 0 Å². The molecule has 0 bridgehead atoms. The first-order chi connectivity index (χ1) is 11.8. The molecule has 126 valence electrons. The number of carbonyl (C=O) groups is 3. The molecule has 4 heteroatoms. The van der Waals surface area contributed by atoms with Crippen LogP contribution < -0.4 is 0 Å². The molecule has 0 spiro atoms. The van der Waals surface area contributed by atoms with Gasteiger partial charge in [0.15, 0.2) is 17.3 Å². The summed E-state index contributed by atoms with van der Waals surface area (Å²) < 4.78 is 0. The molecule has 0 amide bonds. The van der Waals surface area contributed by atoms with Gasteiger partial charge in [0.1, 0.15) is 6.04 Å². The molecule has 0 radical (unpaired) electrons. The van der Waals surface area contributed by atoms with Gasteiger partial charge in [0.25, 0.3) is 0 Å². The molecule has 0 N–H and O–H groups in total. The van der Waals surface area contributed by atoms with Crippen molar-refractivity contribution in [2.75, 3.05) is 0 Å². The number of allylic oxidation sites excluding steroid dienone is 3. The van der Waals surface area contributed by atoms with Gasteiger partial charge in [-0.05, 0) is 12.2 Å². The Bertz CT molecular complexity index is 911. The topological polar surface area (TPSA) is 54.5 Å². The van der Waals surface area contributed by atoms with Crippen molar-refractivity contribution in [1.82, 2.24) is 4.90 Å². The number of rotatable bonds is 1. The number of benzene rings is 1. The summed E-state index contributed by atoms with van der Waals surface area (Å²) in [6, 6.07) is 6.22. The molecule has 0 fully saturated rings. The fourth-order valence-corrected chi connectivity index (χ4v) is 3.86. The molecule has 2 heterocycles. The maximum absolute atomic E-state index is 13.2. The van der Waals surface area contributed by atoms with Crippen molar-refractivity contribution >= 4 is 17.3 Å². The minimum absolute atomic E-state index is 0.0829. The van der Waals surface area contributed by atoms with E-state index in [0.717, 1.165) is 0 Å². The second kappa shape index (κ2) is 5.12. The van der Waals surface area contributed by atoms with E-state index < -0.39 is 17.4 Å². The standard InChI is InChI=1S/C21H19NO3/c1-21(2,3)20(25)15-14-10-6-7-11-22(14)17-16(15)18(23)12-8-4-5-9-13(12)19(17)24/h4-11,16-17H,1-3H3/t16-,17+/m1/s1. The normalized spacial score (nSPS) is 24.4. The summed E-state index contributed by atoms with van der Waals surface area (Å²) in [5, 5.41) is 0. The van der Waals surface area contributed by atoms with Crippen LogP contribution in [0.15, 0.2) is 60.0 Å². The Morgan fingerprint density at radius 3 is 2.28 bits per heavy atom. The Hall–Kier alpha value is -2.75. The minimum Gasteiger partial charge on any atom is -0.336 e. The molecule has 2 aliphatic heterocycles. The van der Waals surface area contributed by atoms with Crippen LogP contribution in [-0.4, -0.2) is 28.3 Å². The highest BCUT2D eigenvalue weighted by Gasteiger charge is 2.54. The highest BCUT2D eigenvalue weighted by molar-refractivity contribution is 6.22. The molecule has 1 aliphatic carbocycles. The van der Waals surface area contributed by atoms with Crippen LogP contribution in [0.25, 0.3) is 0 Å². The van der Waals surface area contributed by atoms with E-state index >= 15 is 0 Å². The zero-order valence-electron chi connectivity index (χ0n) is 14.4. The SMILES string of the molecule is CC(C)(C)C(=O)C1=C2C=CC=CN2[C@@H]2C(=O)c3ccccc3C(=O)[C@H]12. The monoisotopic (exact) mass is 333 g/mol. The predicted octanol–water partition coefficient (Wildman–Crippen LogP) is 3.32. The molecular formula is C21H19NO3. The highest BCUT2D eigenvalue weighted by atomic mass is 16.1. The summed E-state index contributed by atoms with van der Waals surface area (Å²) in [6.07, 6.45) is 7.27. The average Bonchev–Trinajstić information content (AvgIpc) is 2.93. The number of Topliss-reactive ketones (excluding diaryl/α,β-unsaturated/α-hetero) is 3. The molecule has 3 aliphatic rings. The van der Waals surface area contributed by atoms with Crippen LogP contribution >= 0.6 is 0 Å². The Morgan fingerprint density at radius 2 is 1.64 bits per heavy atom. The third-order valence-electron chi connectivity index (χ3n) is 5.03. The lowest BCUT2D eigenvalue weighted by Crippen LogP contribution is -2.46. The molecule has 4 rings (SSSR count). The average molecular weight is 333 g/mol. The van der Waals surface area contributed by atoms with Crippen molar-refractivity contribution in [3.63, 3.8) is 0 Å². The van der Waals surface area contributed by atoms with Gasteiger partial charge in [0, 0.05) is 34.0 Å². The van der Waals surface area contributed by atoms with Crippen molar-refractivity contribution < 1.29 is 14.4 Å². The van der Waals surface area contributed by atoms with Crippen LogP contribution in [0.5, 0.6) is 0 Å². The first-order valence-corrected chi connectivity index (χ1v) is 8.42. The maximum Gasteiger partial charge on any atom is 0.187 e. The van der Waals surface area contributed by atoms with Gasteiger partial charge in [0.2, 0.25) is 0 Å². The summed E-state index contributed by atoms with van der Waals surface area (Å²) in [6.45, 7) is 5.52. The summed E-state index contributed by atoms with van der Waals surface area (Å²) in [7, 11) is 0. The van der Waals surface area contributed by atoms with E-state index in [1.54, 1.807) is 35.4 Å². The quantitative estimate of drug-likeness (QED) is 0.791. The van der Waals surface area contributed by atoms with E-state index in [2.05, 4.69) is 0 Å². The number of hydrogen-bond acceptors (Lipinski definition) is 4. The van der Waals surface area contributed by atoms with Crippen LogP contribution in [-0.2, 0) is 4.79 Å². The summed E-state index contributed by atoms with van der Waals surface area (Å²) in [5.74, 6) is -1.07.